The molecular formula is C21H18N6S. The molecule has 0 atom stereocenters. The van der Waals surface area contributed by atoms with E-state index in [4.69, 9.17) is 4.99 Å². The second-order valence-corrected chi connectivity index (χ2v) is 7.98. The Kier molecular flexibility index (Phi) is 3.91. The van der Waals surface area contributed by atoms with Crippen LogP contribution in [0.2, 0.25) is 0 Å². The number of aryl methyl sites for hydroxylation is 2. The Labute approximate surface area is 166 Å². The van der Waals surface area contributed by atoms with E-state index in [1.165, 1.54) is 16.0 Å². The second kappa shape index (κ2) is 6.45. The maximum absolute atomic E-state index is 4.93. The summed E-state index contributed by atoms with van der Waals surface area (Å²) in [7, 11) is 0. The molecule has 5 rings (SSSR count). The Morgan fingerprint density at radius 2 is 1.64 bits per heavy atom. The van der Waals surface area contributed by atoms with Gasteiger partial charge in [0.1, 0.15) is 17.4 Å². The number of aromatic nitrogens is 5. The van der Waals surface area contributed by atoms with Gasteiger partial charge >= 0.3 is 0 Å². The molecule has 0 unspecified atom stereocenters. The van der Waals surface area contributed by atoms with Crippen LogP contribution in [0.1, 0.15) is 33.2 Å². The number of fused-ring (bicyclic) bond motifs is 3. The van der Waals surface area contributed by atoms with Gasteiger partial charge in [-0.2, -0.15) is 0 Å². The first-order valence-electron chi connectivity index (χ1n) is 9.07. The number of hydrogen-bond donors (Lipinski definition) is 0. The molecule has 3 aromatic heterocycles. The lowest BCUT2D eigenvalue weighted by molar-refractivity contribution is 0.869. The minimum absolute atomic E-state index is 0.514. The van der Waals surface area contributed by atoms with Gasteiger partial charge in [0, 0.05) is 34.0 Å². The summed E-state index contributed by atoms with van der Waals surface area (Å²) >= 11 is 1.77. The summed E-state index contributed by atoms with van der Waals surface area (Å²) in [4.78, 5) is 14.9. The van der Waals surface area contributed by atoms with Crippen molar-refractivity contribution in [3.8, 4) is 16.4 Å². The third kappa shape index (κ3) is 2.58. The molecule has 0 amide bonds. The molecule has 1 aliphatic heterocycles. The summed E-state index contributed by atoms with van der Waals surface area (Å²) in [5, 5.41) is 9.74. The molecule has 0 saturated heterocycles. The van der Waals surface area contributed by atoms with E-state index in [9.17, 15) is 0 Å². The lowest BCUT2D eigenvalue weighted by Gasteiger charge is -2.10. The van der Waals surface area contributed by atoms with Crippen molar-refractivity contribution in [3.05, 3.63) is 75.9 Å². The SMILES string of the molecule is Cc1sc2c(c1C)C(c1ccc(-c3ncccn3)cc1)=NCc1nnc(C)n1-2. The standard InChI is InChI=1S/C21H18N6S/c1-12-13(2)28-21-18(12)19(24-11-17-26-25-14(3)27(17)21)15-5-7-16(8-6-15)20-22-9-4-10-23-20/h4-10H,11H2,1-3H3. The molecule has 0 fully saturated rings. The molecule has 4 heterocycles. The molecule has 7 heteroatoms. The quantitative estimate of drug-likeness (QED) is 0.521. The first-order chi connectivity index (χ1) is 13.6. The average Bonchev–Trinajstić information content (AvgIpc) is 3.17. The highest BCUT2D eigenvalue weighted by atomic mass is 32.1. The minimum Gasteiger partial charge on any atom is -0.276 e. The molecule has 1 aromatic carbocycles. The van der Waals surface area contributed by atoms with Gasteiger partial charge in [0.25, 0.3) is 0 Å². The van der Waals surface area contributed by atoms with Gasteiger partial charge < -0.3 is 0 Å². The van der Waals surface area contributed by atoms with Crippen LogP contribution in [0.3, 0.4) is 0 Å². The summed E-state index contributed by atoms with van der Waals surface area (Å²) in [5.41, 5.74) is 5.51. The molecule has 0 radical (unpaired) electrons. The second-order valence-electron chi connectivity index (χ2n) is 6.78. The van der Waals surface area contributed by atoms with Gasteiger partial charge in [-0.3, -0.25) is 9.56 Å². The largest absolute Gasteiger partial charge is 0.276 e. The molecular weight excluding hydrogens is 368 g/mol. The van der Waals surface area contributed by atoms with E-state index < -0.39 is 0 Å². The molecule has 4 aromatic rings. The van der Waals surface area contributed by atoms with Gasteiger partial charge in [0.15, 0.2) is 11.6 Å². The van der Waals surface area contributed by atoms with Crippen molar-refractivity contribution in [2.24, 2.45) is 4.99 Å². The Morgan fingerprint density at radius 3 is 2.39 bits per heavy atom. The maximum atomic E-state index is 4.93. The van der Waals surface area contributed by atoms with Gasteiger partial charge in [-0.25, -0.2) is 9.97 Å². The Morgan fingerprint density at radius 1 is 0.929 bits per heavy atom. The molecule has 6 nitrogen and oxygen atoms in total. The van der Waals surface area contributed by atoms with Crippen LogP contribution in [0, 0.1) is 20.8 Å². The number of nitrogens with zero attached hydrogens (tertiary/aromatic N) is 6. The number of benzene rings is 1. The monoisotopic (exact) mass is 386 g/mol. The van der Waals surface area contributed by atoms with Crippen LogP contribution >= 0.6 is 11.3 Å². The van der Waals surface area contributed by atoms with Crippen molar-refractivity contribution in [3.63, 3.8) is 0 Å². The zero-order valence-corrected chi connectivity index (χ0v) is 16.7. The number of rotatable bonds is 2. The summed E-state index contributed by atoms with van der Waals surface area (Å²) in [6, 6.07) is 10.1. The van der Waals surface area contributed by atoms with Crippen LogP contribution in [-0.4, -0.2) is 30.4 Å². The van der Waals surface area contributed by atoms with E-state index in [2.05, 4.69) is 62.8 Å². The fourth-order valence-corrected chi connectivity index (χ4v) is 4.73. The predicted octanol–water partition coefficient (Wildman–Crippen LogP) is 4.06. The van der Waals surface area contributed by atoms with Gasteiger partial charge in [-0.05, 0) is 32.4 Å². The van der Waals surface area contributed by atoms with E-state index in [1.807, 2.05) is 13.0 Å². The van der Waals surface area contributed by atoms with E-state index in [-0.39, 0.29) is 0 Å². The fraction of sp³-hybridized carbons (Fsp3) is 0.190. The topological polar surface area (TPSA) is 68.8 Å². The van der Waals surface area contributed by atoms with Crippen molar-refractivity contribution in [2.45, 2.75) is 27.3 Å². The molecule has 1 aliphatic rings. The van der Waals surface area contributed by atoms with Crippen LogP contribution in [0.5, 0.6) is 0 Å². The van der Waals surface area contributed by atoms with Gasteiger partial charge in [0.05, 0.1) is 5.71 Å². The Balaban J connectivity index is 1.64. The van der Waals surface area contributed by atoms with E-state index in [1.54, 1.807) is 23.7 Å². The molecule has 0 saturated carbocycles. The minimum atomic E-state index is 0.514. The van der Waals surface area contributed by atoms with Crippen LogP contribution in [0.25, 0.3) is 16.4 Å². The highest BCUT2D eigenvalue weighted by Gasteiger charge is 2.26. The van der Waals surface area contributed by atoms with Crippen LogP contribution in [0.4, 0.5) is 0 Å². The van der Waals surface area contributed by atoms with Crippen molar-refractivity contribution < 1.29 is 0 Å². The highest BCUT2D eigenvalue weighted by Crippen LogP contribution is 2.36. The van der Waals surface area contributed by atoms with Gasteiger partial charge in [-0.15, -0.1) is 21.5 Å². The fourth-order valence-electron chi connectivity index (χ4n) is 3.51. The highest BCUT2D eigenvalue weighted by molar-refractivity contribution is 7.15. The summed E-state index contributed by atoms with van der Waals surface area (Å²) < 4.78 is 2.14. The van der Waals surface area contributed by atoms with Crippen molar-refractivity contribution in [1.82, 2.24) is 24.7 Å². The van der Waals surface area contributed by atoms with Gasteiger partial charge in [-0.1, -0.05) is 24.3 Å². The Hall–Kier alpha value is -3.19. The first kappa shape index (κ1) is 16.9. The smallest absolute Gasteiger partial charge is 0.160 e. The Bertz CT molecular complexity index is 1200. The van der Waals surface area contributed by atoms with Crippen molar-refractivity contribution in [2.75, 3.05) is 0 Å². The van der Waals surface area contributed by atoms with Gasteiger partial charge in [0.2, 0.25) is 0 Å². The predicted molar refractivity (Wildman–Crippen MR) is 110 cm³/mol. The zero-order chi connectivity index (χ0) is 19.3. The van der Waals surface area contributed by atoms with Crippen LogP contribution in [-0.2, 0) is 6.54 Å². The van der Waals surface area contributed by atoms with Crippen LogP contribution in [0.15, 0.2) is 47.7 Å². The summed E-state index contributed by atoms with van der Waals surface area (Å²) in [6.07, 6.45) is 3.51. The normalized spacial score (nSPS) is 12.9. The van der Waals surface area contributed by atoms with Crippen LogP contribution < -0.4 is 0 Å². The van der Waals surface area contributed by atoms with E-state index >= 15 is 0 Å². The molecule has 138 valence electrons. The molecule has 0 bridgehead atoms. The lowest BCUT2D eigenvalue weighted by atomic mass is 9.99. The maximum Gasteiger partial charge on any atom is 0.160 e. The third-order valence-corrected chi connectivity index (χ3v) is 6.25. The summed E-state index contributed by atoms with van der Waals surface area (Å²) in [5.74, 6) is 2.50. The van der Waals surface area contributed by atoms with Crippen molar-refractivity contribution >= 4 is 17.0 Å². The molecule has 0 aliphatic carbocycles. The first-order valence-corrected chi connectivity index (χ1v) is 9.89. The van der Waals surface area contributed by atoms with E-state index in [0.29, 0.717) is 6.54 Å². The van der Waals surface area contributed by atoms with E-state index in [0.717, 1.165) is 39.3 Å². The molecule has 28 heavy (non-hydrogen) atoms. The molecule has 0 spiro atoms. The number of hydrogen-bond acceptors (Lipinski definition) is 6. The lowest BCUT2D eigenvalue weighted by Crippen LogP contribution is -2.07. The summed E-state index contributed by atoms with van der Waals surface area (Å²) in [6.45, 7) is 6.82. The third-order valence-electron chi connectivity index (χ3n) is 5.06. The number of aliphatic imine (C=N–C) groups is 1. The number of thiophene rings is 1. The zero-order valence-electron chi connectivity index (χ0n) is 15.8. The van der Waals surface area contributed by atoms with Crippen molar-refractivity contribution in [1.29, 1.82) is 0 Å². The molecule has 0 N–H and O–H groups in total. The average molecular weight is 386 g/mol.